The topological polar surface area (TPSA) is 104 Å². The zero-order chi connectivity index (χ0) is 11.3. The lowest BCUT2D eigenvalue weighted by Crippen LogP contribution is -2.08. The van der Waals surface area contributed by atoms with E-state index in [1.165, 1.54) is 19.3 Å². The van der Waals surface area contributed by atoms with Gasteiger partial charge < -0.3 is 17.2 Å². The van der Waals surface area contributed by atoms with Gasteiger partial charge in [-0.25, -0.2) is 0 Å². The van der Waals surface area contributed by atoms with Crippen molar-refractivity contribution in [2.75, 3.05) is 17.2 Å². The largest absolute Gasteiger partial charge is 0.383 e. The monoisotopic (exact) mass is 209 g/mol. The molecular formula is C10H19N5. The van der Waals surface area contributed by atoms with Gasteiger partial charge >= 0.3 is 0 Å². The van der Waals surface area contributed by atoms with E-state index in [2.05, 4.69) is 16.9 Å². The molecule has 0 atom stereocenters. The molecule has 0 aliphatic carbocycles. The molecule has 1 aromatic heterocycles. The molecule has 0 spiro atoms. The van der Waals surface area contributed by atoms with E-state index in [9.17, 15) is 0 Å². The SMILES string of the molecule is CCCCCCc1c(N)nc(N)nc1N. The molecule has 6 N–H and O–H groups in total. The second kappa shape index (κ2) is 5.38. The Kier molecular flexibility index (Phi) is 4.15. The highest BCUT2D eigenvalue weighted by Crippen LogP contribution is 2.19. The number of anilines is 3. The van der Waals surface area contributed by atoms with Crippen molar-refractivity contribution in [1.29, 1.82) is 0 Å². The van der Waals surface area contributed by atoms with Crippen LogP contribution in [-0.2, 0) is 6.42 Å². The first-order valence-electron chi connectivity index (χ1n) is 5.32. The fraction of sp³-hybridized carbons (Fsp3) is 0.600. The quantitative estimate of drug-likeness (QED) is 0.635. The molecule has 5 heteroatoms. The van der Waals surface area contributed by atoms with Crippen molar-refractivity contribution in [1.82, 2.24) is 9.97 Å². The summed E-state index contributed by atoms with van der Waals surface area (Å²) < 4.78 is 0. The van der Waals surface area contributed by atoms with Gasteiger partial charge in [0.15, 0.2) is 0 Å². The molecule has 0 fully saturated rings. The van der Waals surface area contributed by atoms with Crippen LogP contribution in [0.15, 0.2) is 0 Å². The molecule has 0 radical (unpaired) electrons. The minimum absolute atomic E-state index is 0.141. The fourth-order valence-electron chi connectivity index (χ4n) is 1.52. The molecule has 0 aliphatic rings. The van der Waals surface area contributed by atoms with Crippen LogP contribution < -0.4 is 17.2 Å². The summed E-state index contributed by atoms with van der Waals surface area (Å²) in [5.74, 6) is 0.968. The zero-order valence-corrected chi connectivity index (χ0v) is 9.16. The van der Waals surface area contributed by atoms with Crippen LogP contribution in [0, 0.1) is 0 Å². The van der Waals surface area contributed by atoms with Gasteiger partial charge in [0.05, 0.1) is 0 Å². The van der Waals surface area contributed by atoms with Gasteiger partial charge in [-0.05, 0) is 12.8 Å². The standard InChI is InChI=1S/C10H19N5/c1-2-3-4-5-6-7-8(11)14-10(13)15-9(7)12/h2-6H2,1H3,(H6,11,12,13,14,15). The zero-order valence-electron chi connectivity index (χ0n) is 9.16. The van der Waals surface area contributed by atoms with Gasteiger partial charge in [-0.1, -0.05) is 26.2 Å². The Hall–Kier alpha value is -1.52. The van der Waals surface area contributed by atoms with E-state index in [0.29, 0.717) is 11.6 Å². The second-order valence-corrected chi connectivity index (χ2v) is 3.64. The summed E-state index contributed by atoms with van der Waals surface area (Å²) in [5, 5.41) is 0. The highest BCUT2D eigenvalue weighted by Gasteiger charge is 2.07. The summed E-state index contributed by atoms with van der Waals surface area (Å²) in [6.45, 7) is 2.18. The third kappa shape index (κ3) is 3.27. The van der Waals surface area contributed by atoms with E-state index in [0.717, 1.165) is 18.4 Å². The van der Waals surface area contributed by atoms with E-state index in [4.69, 9.17) is 17.2 Å². The highest BCUT2D eigenvalue weighted by atomic mass is 15.1. The fourth-order valence-corrected chi connectivity index (χ4v) is 1.52. The van der Waals surface area contributed by atoms with Crippen molar-refractivity contribution in [2.24, 2.45) is 0 Å². The van der Waals surface area contributed by atoms with Crippen LogP contribution in [0.1, 0.15) is 38.2 Å². The van der Waals surface area contributed by atoms with Crippen LogP contribution in [0.2, 0.25) is 0 Å². The molecule has 0 amide bonds. The van der Waals surface area contributed by atoms with Gasteiger partial charge in [0, 0.05) is 5.56 Å². The molecule has 84 valence electrons. The number of unbranched alkanes of at least 4 members (excludes halogenated alkanes) is 3. The maximum Gasteiger partial charge on any atom is 0.223 e. The van der Waals surface area contributed by atoms with Gasteiger partial charge in [0.1, 0.15) is 11.6 Å². The van der Waals surface area contributed by atoms with Gasteiger partial charge in [-0.15, -0.1) is 0 Å². The normalized spacial score (nSPS) is 10.5. The van der Waals surface area contributed by atoms with E-state index >= 15 is 0 Å². The third-order valence-corrected chi connectivity index (χ3v) is 2.37. The summed E-state index contributed by atoms with van der Waals surface area (Å²) in [7, 11) is 0. The first-order valence-corrected chi connectivity index (χ1v) is 5.32. The Balaban J connectivity index is 2.60. The minimum atomic E-state index is 0.141. The molecule has 1 aromatic rings. The average molecular weight is 209 g/mol. The maximum atomic E-state index is 5.73. The minimum Gasteiger partial charge on any atom is -0.383 e. The van der Waals surface area contributed by atoms with E-state index in [1.54, 1.807) is 0 Å². The summed E-state index contributed by atoms with van der Waals surface area (Å²) in [6, 6.07) is 0. The van der Waals surface area contributed by atoms with E-state index < -0.39 is 0 Å². The van der Waals surface area contributed by atoms with Gasteiger partial charge in [0.2, 0.25) is 5.95 Å². The molecule has 1 rings (SSSR count). The number of hydrogen-bond acceptors (Lipinski definition) is 5. The Morgan fingerprint density at radius 3 is 2.07 bits per heavy atom. The lowest BCUT2D eigenvalue weighted by Gasteiger charge is -2.07. The molecule has 0 aromatic carbocycles. The number of nitrogens with zero attached hydrogens (tertiary/aromatic N) is 2. The third-order valence-electron chi connectivity index (χ3n) is 2.37. The second-order valence-electron chi connectivity index (χ2n) is 3.64. The number of nitrogen functional groups attached to an aromatic ring is 3. The van der Waals surface area contributed by atoms with Gasteiger partial charge in [-0.3, -0.25) is 0 Å². The van der Waals surface area contributed by atoms with Crippen molar-refractivity contribution < 1.29 is 0 Å². The Bertz CT molecular complexity index is 301. The van der Waals surface area contributed by atoms with Crippen LogP contribution in [0.4, 0.5) is 17.6 Å². The Morgan fingerprint density at radius 1 is 0.933 bits per heavy atom. The summed E-state index contributed by atoms with van der Waals surface area (Å²) in [5.41, 5.74) is 17.7. The predicted molar refractivity (Wildman–Crippen MR) is 63.1 cm³/mol. The molecule has 1 heterocycles. The van der Waals surface area contributed by atoms with Crippen molar-refractivity contribution in [3.05, 3.63) is 5.56 Å². The first kappa shape index (κ1) is 11.6. The lowest BCUT2D eigenvalue weighted by molar-refractivity contribution is 0.666. The Morgan fingerprint density at radius 2 is 1.53 bits per heavy atom. The molecule has 15 heavy (non-hydrogen) atoms. The first-order chi connectivity index (χ1) is 7.15. The predicted octanol–water partition coefficient (Wildman–Crippen LogP) is 1.35. The molecule has 0 aliphatic heterocycles. The van der Waals surface area contributed by atoms with Crippen LogP contribution in [0.5, 0.6) is 0 Å². The smallest absolute Gasteiger partial charge is 0.223 e. The van der Waals surface area contributed by atoms with Crippen LogP contribution in [0.3, 0.4) is 0 Å². The van der Waals surface area contributed by atoms with Crippen molar-refractivity contribution in [2.45, 2.75) is 39.0 Å². The van der Waals surface area contributed by atoms with E-state index in [1.807, 2.05) is 0 Å². The number of hydrogen-bond donors (Lipinski definition) is 3. The van der Waals surface area contributed by atoms with E-state index in [-0.39, 0.29) is 5.95 Å². The number of nitrogens with two attached hydrogens (primary N) is 3. The Labute approximate surface area is 90.1 Å². The molecule has 0 bridgehead atoms. The number of rotatable bonds is 5. The van der Waals surface area contributed by atoms with Gasteiger partial charge in [-0.2, -0.15) is 9.97 Å². The van der Waals surface area contributed by atoms with Crippen molar-refractivity contribution >= 4 is 17.6 Å². The van der Waals surface area contributed by atoms with Crippen molar-refractivity contribution in [3.63, 3.8) is 0 Å². The number of aromatic nitrogens is 2. The van der Waals surface area contributed by atoms with Gasteiger partial charge in [0.25, 0.3) is 0 Å². The molecule has 5 nitrogen and oxygen atoms in total. The lowest BCUT2D eigenvalue weighted by atomic mass is 10.1. The van der Waals surface area contributed by atoms with Crippen LogP contribution in [0.25, 0.3) is 0 Å². The molecule has 0 unspecified atom stereocenters. The van der Waals surface area contributed by atoms with Crippen LogP contribution in [-0.4, -0.2) is 9.97 Å². The highest BCUT2D eigenvalue weighted by molar-refractivity contribution is 5.55. The molecule has 0 saturated carbocycles. The summed E-state index contributed by atoms with van der Waals surface area (Å²) in [4.78, 5) is 7.80. The van der Waals surface area contributed by atoms with Crippen molar-refractivity contribution in [3.8, 4) is 0 Å². The molecule has 0 saturated heterocycles. The summed E-state index contributed by atoms with van der Waals surface area (Å²) >= 11 is 0. The average Bonchev–Trinajstić information content (AvgIpc) is 2.15. The van der Waals surface area contributed by atoms with Crippen LogP contribution >= 0.6 is 0 Å². The summed E-state index contributed by atoms with van der Waals surface area (Å²) in [6.07, 6.45) is 5.52. The maximum absolute atomic E-state index is 5.73. The molecular weight excluding hydrogens is 190 g/mol.